The predicted octanol–water partition coefficient (Wildman–Crippen LogP) is 4.01. The van der Waals surface area contributed by atoms with Crippen LogP contribution in [0.5, 0.6) is 0 Å². The molecule has 0 unspecified atom stereocenters. The first-order valence-electron chi connectivity index (χ1n) is 10.5. The van der Waals surface area contributed by atoms with Gasteiger partial charge in [-0.25, -0.2) is 9.78 Å². The standard InChI is InChI=1S/C22H31ClN4O3Si/c1-22(2,3)31(5,6)30-13-7-12-27-20(28)18-19(25(4)21(27)29)24-15-26(18)14-16-8-10-17(23)11-9-16/h8-11,15H,7,12-14H2,1-6H3. The molecule has 0 N–H and O–H groups in total. The SMILES string of the molecule is Cn1c(=O)n(CCCO[Si](C)(C)C(C)(C)C)c(=O)c2c1ncn2Cc1ccc(Cl)cc1. The van der Waals surface area contributed by atoms with E-state index in [1.54, 1.807) is 17.9 Å². The van der Waals surface area contributed by atoms with E-state index in [1.807, 2.05) is 24.3 Å². The molecular weight excluding hydrogens is 432 g/mol. The van der Waals surface area contributed by atoms with E-state index in [1.165, 1.54) is 9.13 Å². The number of aromatic nitrogens is 4. The molecule has 7 nitrogen and oxygen atoms in total. The van der Waals surface area contributed by atoms with Crippen LogP contribution >= 0.6 is 11.6 Å². The molecule has 2 aromatic heterocycles. The van der Waals surface area contributed by atoms with E-state index in [0.717, 1.165) is 5.56 Å². The van der Waals surface area contributed by atoms with E-state index in [9.17, 15) is 9.59 Å². The summed E-state index contributed by atoms with van der Waals surface area (Å²) in [4.78, 5) is 30.3. The zero-order valence-corrected chi connectivity index (χ0v) is 20.9. The number of imidazole rings is 1. The fourth-order valence-electron chi connectivity index (χ4n) is 3.19. The average molecular weight is 463 g/mol. The normalized spacial score (nSPS) is 12.6. The summed E-state index contributed by atoms with van der Waals surface area (Å²) in [6, 6.07) is 7.44. The van der Waals surface area contributed by atoms with E-state index in [-0.39, 0.29) is 16.3 Å². The highest BCUT2D eigenvalue weighted by Gasteiger charge is 2.36. The first-order chi connectivity index (χ1) is 14.4. The summed E-state index contributed by atoms with van der Waals surface area (Å²) < 4.78 is 10.7. The van der Waals surface area contributed by atoms with Crippen LogP contribution in [0.3, 0.4) is 0 Å². The molecule has 9 heteroatoms. The zero-order chi connectivity index (χ0) is 23.0. The Morgan fingerprint density at radius 2 is 1.77 bits per heavy atom. The Bertz CT molecular complexity index is 1190. The second-order valence-electron chi connectivity index (χ2n) is 9.43. The first kappa shape index (κ1) is 23.5. The molecule has 0 aliphatic heterocycles. The highest BCUT2D eigenvalue weighted by Crippen LogP contribution is 2.36. The Balaban J connectivity index is 1.86. The smallest absolute Gasteiger partial charge is 0.332 e. The third kappa shape index (κ3) is 4.86. The molecule has 2 heterocycles. The van der Waals surface area contributed by atoms with Crippen molar-refractivity contribution in [3.8, 4) is 0 Å². The molecule has 0 radical (unpaired) electrons. The molecule has 1 aromatic carbocycles. The van der Waals surface area contributed by atoms with Crippen molar-refractivity contribution in [2.75, 3.05) is 6.61 Å². The summed E-state index contributed by atoms with van der Waals surface area (Å²) >= 11 is 5.97. The van der Waals surface area contributed by atoms with Crippen LogP contribution in [0.25, 0.3) is 11.2 Å². The van der Waals surface area contributed by atoms with E-state index in [4.69, 9.17) is 16.0 Å². The van der Waals surface area contributed by atoms with Crippen LogP contribution in [0, 0.1) is 0 Å². The number of aryl methyl sites for hydroxylation is 1. The lowest BCUT2D eigenvalue weighted by atomic mass is 10.2. The Hall–Kier alpha value is -2.16. The lowest BCUT2D eigenvalue weighted by Gasteiger charge is -2.36. The van der Waals surface area contributed by atoms with Gasteiger partial charge in [-0.2, -0.15) is 0 Å². The second kappa shape index (κ2) is 8.76. The van der Waals surface area contributed by atoms with Crippen molar-refractivity contribution in [2.45, 2.75) is 58.4 Å². The second-order valence-corrected chi connectivity index (χ2v) is 14.7. The first-order valence-corrected chi connectivity index (χ1v) is 13.7. The van der Waals surface area contributed by atoms with Crippen molar-refractivity contribution in [3.05, 3.63) is 62.0 Å². The minimum absolute atomic E-state index is 0.118. The molecule has 0 aliphatic rings. The van der Waals surface area contributed by atoms with E-state index in [2.05, 4.69) is 38.8 Å². The number of nitrogens with zero attached hydrogens (tertiary/aromatic N) is 4. The van der Waals surface area contributed by atoms with Crippen molar-refractivity contribution in [1.29, 1.82) is 0 Å². The van der Waals surface area contributed by atoms with Crippen LogP contribution in [0.2, 0.25) is 23.2 Å². The molecular formula is C22H31ClN4O3Si. The molecule has 0 spiro atoms. The molecule has 0 bridgehead atoms. The van der Waals surface area contributed by atoms with E-state index < -0.39 is 8.32 Å². The van der Waals surface area contributed by atoms with Crippen molar-refractivity contribution < 1.29 is 4.43 Å². The van der Waals surface area contributed by atoms with Gasteiger partial charge >= 0.3 is 5.69 Å². The number of fused-ring (bicyclic) bond motifs is 1. The van der Waals surface area contributed by atoms with Gasteiger partial charge < -0.3 is 8.99 Å². The van der Waals surface area contributed by atoms with Gasteiger partial charge in [0.1, 0.15) is 0 Å². The predicted molar refractivity (Wildman–Crippen MR) is 128 cm³/mol. The van der Waals surface area contributed by atoms with Crippen molar-refractivity contribution >= 4 is 31.1 Å². The number of hydrogen-bond acceptors (Lipinski definition) is 4. The fourth-order valence-corrected chi connectivity index (χ4v) is 4.41. The van der Waals surface area contributed by atoms with Crippen LogP contribution in [-0.4, -0.2) is 33.6 Å². The van der Waals surface area contributed by atoms with Gasteiger partial charge in [-0.15, -0.1) is 0 Å². The highest BCUT2D eigenvalue weighted by atomic mass is 35.5. The lowest BCUT2D eigenvalue weighted by Crippen LogP contribution is -2.42. The van der Waals surface area contributed by atoms with Crippen LogP contribution < -0.4 is 11.2 Å². The van der Waals surface area contributed by atoms with Gasteiger partial charge in [-0.3, -0.25) is 13.9 Å². The summed E-state index contributed by atoms with van der Waals surface area (Å²) in [5, 5.41) is 0.775. The minimum atomic E-state index is -1.86. The van der Waals surface area contributed by atoms with Gasteiger partial charge in [-0.05, 0) is 42.2 Å². The van der Waals surface area contributed by atoms with Crippen molar-refractivity contribution in [1.82, 2.24) is 18.7 Å². The third-order valence-corrected chi connectivity index (χ3v) is 11.0. The topological polar surface area (TPSA) is 71.1 Å². The Labute approximate surface area is 188 Å². The number of benzene rings is 1. The van der Waals surface area contributed by atoms with Gasteiger partial charge in [0.05, 0.1) is 6.33 Å². The number of rotatable bonds is 7. The fraction of sp³-hybridized carbons (Fsp3) is 0.500. The molecule has 3 rings (SSSR count). The summed E-state index contributed by atoms with van der Waals surface area (Å²) in [7, 11) is -0.219. The van der Waals surface area contributed by atoms with E-state index in [0.29, 0.717) is 42.3 Å². The zero-order valence-electron chi connectivity index (χ0n) is 19.1. The Morgan fingerprint density at radius 1 is 1.13 bits per heavy atom. The van der Waals surface area contributed by atoms with Crippen LogP contribution in [0.4, 0.5) is 0 Å². The van der Waals surface area contributed by atoms with Gasteiger partial charge in [0.25, 0.3) is 5.56 Å². The quantitative estimate of drug-likeness (QED) is 0.393. The largest absolute Gasteiger partial charge is 0.417 e. The van der Waals surface area contributed by atoms with Gasteiger partial charge in [0.15, 0.2) is 19.5 Å². The lowest BCUT2D eigenvalue weighted by molar-refractivity contribution is 0.273. The van der Waals surface area contributed by atoms with Crippen LogP contribution in [-0.2, 0) is 24.6 Å². The van der Waals surface area contributed by atoms with Crippen LogP contribution in [0.15, 0.2) is 40.2 Å². The van der Waals surface area contributed by atoms with Crippen LogP contribution in [0.1, 0.15) is 32.8 Å². The maximum absolute atomic E-state index is 13.2. The van der Waals surface area contributed by atoms with Gasteiger partial charge in [-0.1, -0.05) is 44.5 Å². The average Bonchev–Trinajstić information content (AvgIpc) is 3.10. The molecule has 3 aromatic rings. The number of hydrogen-bond donors (Lipinski definition) is 0. The summed E-state index contributed by atoms with van der Waals surface area (Å²) in [6.45, 7) is 12.3. The Morgan fingerprint density at radius 3 is 2.39 bits per heavy atom. The van der Waals surface area contributed by atoms with Crippen molar-refractivity contribution in [3.63, 3.8) is 0 Å². The maximum atomic E-state index is 13.2. The van der Waals surface area contributed by atoms with Gasteiger partial charge in [0, 0.05) is 31.8 Å². The number of halogens is 1. The molecule has 0 fully saturated rings. The Kier molecular flexibility index (Phi) is 6.64. The highest BCUT2D eigenvalue weighted by molar-refractivity contribution is 6.74. The van der Waals surface area contributed by atoms with Crippen molar-refractivity contribution in [2.24, 2.45) is 7.05 Å². The summed E-state index contributed by atoms with van der Waals surface area (Å²) in [5.74, 6) is 0. The summed E-state index contributed by atoms with van der Waals surface area (Å²) in [6.07, 6.45) is 2.20. The minimum Gasteiger partial charge on any atom is -0.417 e. The molecule has 168 valence electrons. The molecule has 0 saturated carbocycles. The molecule has 0 saturated heterocycles. The third-order valence-electron chi connectivity index (χ3n) is 6.16. The maximum Gasteiger partial charge on any atom is 0.332 e. The molecule has 0 aliphatic carbocycles. The monoisotopic (exact) mass is 462 g/mol. The summed E-state index contributed by atoms with van der Waals surface area (Å²) in [5.41, 5.74) is 1.12. The molecule has 0 amide bonds. The molecule has 31 heavy (non-hydrogen) atoms. The molecule has 0 atom stereocenters. The van der Waals surface area contributed by atoms with Gasteiger partial charge in [0.2, 0.25) is 0 Å². The van der Waals surface area contributed by atoms with E-state index >= 15 is 0 Å².